The van der Waals surface area contributed by atoms with Crippen LogP contribution in [0.25, 0.3) is 0 Å². The van der Waals surface area contributed by atoms with Crippen LogP contribution in [-0.4, -0.2) is 29.6 Å². The number of nitrogens with one attached hydrogen (secondary N) is 1. The number of rotatable bonds is 7. The molecule has 0 saturated heterocycles. The summed E-state index contributed by atoms with van der Waals surface area (Å²) in [6, 6.07) is -0.660. The first-order valence-corrected chi connectivity index (χ1v) is 4.32. The van der Waals surface area contributed by atoms with Gasteiger partial charge in [-0.2, -0.15) is 0 Å². The molecule has 0 fully saturated rings. The second kappa shape index (κ2) is 6.42. The van der Waals surface area contributed by atoms with Crippen LogP contribution < -0.4 is 11.1 Å². The SMILES string of the molecule is CCCCC(NCC(N)=O)C(=O)O. The van der Waals surface area contributed by atoms with Gasteiger partial charge in [-0.25, -0.2) is 0 Å². The highest BCUT2D eigenvalue weighted by atomic mass is 16.4. The molecule has 0 radical (unpaired) electrons. The lowest BCUT2D eigenvalue weighted by molar-refractivity contribution is -0.139. The highest BCUT2D eigenvalue weighted by molar-refractivity contribution is 5.78. The van der Waals surface area contributed by atoms with Gasteiger partial charge in [0.25, 0.3) is 0 Å². The van der Waals surface area contributed by atoms with E-state index in [1.807, 2.05) is 6.92 Å². The molecule has 0 aromatic heterocycles. The summed E-state index contributed by atoms with van der Waals surface area (Å²) in [4.78, 5) is 21.0. The van der Waals surface area contributed by atoms with E-state index in [1.165, 1.54) is 0 Å². The molecule has 1 unspecified atom stereocenters. The molecule has 0 saturated carbocycles. The number of amides is 1. The van der Waals surface area contributed by atoms with E-state index in [-0.39, 0.29) is 6.54 Å². The van der Waals surface area contributed by atoms with Gasteiger partial charge in [0.2, 0.25) is 5.91 Å². The third kappa shape index (κ3) is 6.10. The van der Waals surface area contributed by atoms with E-state index in [1.54, 1.807) is 0 Å². The third-order valence-corrected chi connectivity index (χ3v) is 1.67. The molecule has 5 heteroatoms. The molecule has 13 heavy (non-hydrogen) atoms. The summed E-state index contributed by atoms with van der Waals surface area (Å²) in [6.45, 7) is 1.90. The summed E-state index contributed by atoms with van der Waals surface area (Å²) < 4.78 is 0. The molecular weight excluding hydrogens is 172 g/mol. The lowest BCUT2D eigenvalue weighted by Crippen LogP contribution is -2.41. The summed E-state index contributed by atoms with van der Waals surface area (Å²) in [6.07, 6.45) is 2.28. The fourth-order valence-corrected chi connectivity index (χ4v) is 0.945. The predicted octanol–water partition coefficient (Wildman–Crippen LogP) is -0.295. The molecule has 0 aliphatic heterocycles. The summed E-state index contributed by atoms with van der Waals surface area (Å²) in [5.74, 6) is -1.47. The van der Waals surface area contributed by atoms with Crippen LogP contribution in [0.5, 0.6) is 0 Å². The van der Waals surface area contributed by atoms with Crippen LogP contribution in [0.15, 0.2) is 0 Å². The lowest BCUT2D eigenvalue weighted by atomic mass is 10.1. The fraction of sp³-hybridized carbons (Fsp3) is 0.750. The maximum Gasteiger partial charge on any atom is 0.320 e. The van der Waals surface area contributed by atoms with E-state index in [0.717, 1.165) is 12.8 Å². The topological polar surface area (TPSA) is 92.4 Å². The number of carboxylic acids is 1. The van der Waals surface area contributed by atoms with Crippen LogP contribution in [0, 0.1) is 0 Å². The number of hydrogen-bond acceptors (Lipinski definition) is 3. The first-order chi connectivity index (χ1) is 6.07. The van der Waals surface area contributed by atoms with Crippen LogP contribution in [0.4, 0.5) is 0 Å². The van der Waals surface area contributed by atoms with Crippen molar-refractivity contribution >= 4 is 11.9 Å². The van der Waals surface area contributed by atoms with Crippen molar-refractivity contribution in [2.24, 2.45) is 5.73 Å². The minimum atomic E-state index is -0.935. The summed E-state index contributed by atoms with van der Waals surface area (Å²) in [7, 11) is 0. The van der Waals surface area contributed by atoms with Crippen molar-refractivity contribution in [2.45, 2.75) is 32.2 Å². The number of unbranched alkanes of at least 4 members (excludes halogenated alkanes) is 1. The van der Waals surface area contributed by atoms with Crippen molar-refractivity contribution in [1.82, 2.24) is 5.32 Å². The molecule has 76 valence electrons. The molecule has 5 nitrogen and oxygen atoms in total. The molecule has 1 atom stereocenters. The van der Waals surface area contributed by atoms with Crippen molar-refractivity contribution in [1.29, 1.82) is 0 Å². The van der Waals surface area contributed by atoms with Crippen LogP contribution >= 0.6 is 0 Å². The molecule has 0 rings (SSSR count). The highest BCUT2D eigenvalue weighted by Gasteiger charge is 2.15. The van der Waals surface area contributed by atoms with Gasteiger partial charge in [0.15, 0.2) is 0 Å². The summed E-state index contributed by atoms with van der Waals surface area (Å²) >= 11 is 0. The average molecular weight is 188 g/mol. The zero-order chi connectivity index (χ0) is 10.3. The molecule has 0 aromatic carbocycles. The maximum atomic E-state index is 10.6. The van der Waals surface area contributed by atoms with Crippen molar-refractivity contribution in [2.75, 3.05) is 6.54 Å². The predicted molar refractivity (Wildman–Crippen MR) is 48.1 cm³/mol. The van der Waals surface area contributed by atoms with Crippen LogP contribution in [-0.2, 0) is 9.59 Å². The zero-order valence-electron chi connectivity index (χ0n) is 7.75. The van der Waals surface area contributed by atoms with Gasteiger partial charge in [-0.3, -0.25) is 14.9 Å². The number of aliphatic carboxylic acids is 1. The Morgan fingerprint density at radius 3 is 2.54 bits per heavy atom. The lowest BCUT2D eigenvalue weighted by Gasteiger charge is -2.11. The van der Waals surface area contributed by atoms with Crippen LogP contribution in [0.1, 0.15) is 26.2 Å². The van der Waals surface area contributed by atoms with E-state index in [9.17, 15) is 9.59 Å². The first-order valence-electron chi connectivity index (χ1n) is 4.32. The smallest absolute Gasteiger partial charge is 0.320 e. The van der Waals surface area contributed by atoms with E-state index >= 15 is 0 Å². The van der Waals surface area contributed by atoms with Crippen molar-refractivity contribution < 1.29 is 14.7 Å². The molecule has 4 N–H and O–H groups in total. The zero-order valence-corrected chi connectivity index (χ0v) is 7.75. The Hall–Kier alpha value is -1.10. The second-order valence-electron chi connectivity index (χ2n) is 2.88. The number of carboxylic acid groups (broad SMARTS) is 1. The number of primary amides is 1. The van der Waals surface area contributed by atoms with E-state index in [4.69, 9.17) is 10.8 Å². The Kier molecular flexibility index (Phi) is 5.88. The van der Waals surface area contributed by atoms with Gasteiger partial charge in [0.05, 0.1) is 6.54 Å². The third-order valence-electron chi connectivity index (χ3n) is 1.67. The Labute approximate surface area is 77.3 Å². The van der Waals surface area contributed by atoms with Gasteiger partial charge in [-0.15, -0.1) is 0 Å². The Bertz CT molecular complexity index is 182. The number of carbonyl (C=O) groups is 2. The summed E-state index contributed by atoms with van der Waals surface area (Å²) in [5, 5.41) is 11.3. The van der Waals surface area contributed by atoms with Gasteiger partial charge in [-0.05, 0) is 6.42 Å². The molecular formula is C8H16N2O3. The quantitative estimate of drug-likeness (QED) is 0.511. The van der Waals surface area contributed by atoms with Gasteiger partial charge in [0.1, 0.15) is 6.04 Å². The Morgan fingerprint density at radius 2 is 2.15 bits per heavy atom. The average Bonchev–Trinajstić information content (AvgIpc) is 2.03. The van der Waals surface area contributed by atoms with Crippen molar-refractivity contribution in [3.63, 3.8) is 0 Å². The van der Waals surface area contributed by atoms with E-state index in [2.05, 4.69) is 5.32 Å². The van der Waals surface area contributed by atoms with Crippen LogP contribution in [0.2, 0.25) is 0 Å². The number of hydrogen-bond donors (Lipinski definition) is 3. The minimum absolute atomic E-state index is 0.0827. The van der Waals surface area contributed by atoms with E-state index < -0.39 is 17.9 Å². The van der Waals surface area contributed by atoms with Crippen LogP contribution in [0.3, 0.4) is 0 Å². The number of nitrogens with two attached hydrogens (primary N) is 1. The van der Waals surface area contributed by atoms with Gasteiger partial charge in [0, 0.05) is 0 Å². The van der Waals surface area contributed by atoms with Gasteiger partial charge >= 0.3 is 5.97 Å². The molecule has 0 spiro atoms. The monoisotopic (exact) mass is 188 g/mol. The molecule has 1 amide bonds. The van der Waals surface area contributed by atoms with Crippen molar-refractivity contribution in [3.05, 3.63) is 0 Å². The second-order valence-corrected chi connectivity index (χ2v) is 2.88. The van der Waals surface area contributed by atoms with Gasteiger partial charge < -0.3 is 10.8 Å². The molecule has 0 aromatic rings. The standard InChI is InChI=1S/C8H16N2O3/c1-2-3-4-6(8(12)13)10-5-7(9)11/h6,10H,2-5H2,1H3,(H2,9,11)(H,12,13). The fourth-order valence-electron chi connectivity index (χ4n) is 0.945. The molecule has 0 heterocycles. The maximum absolute atomic E-state index is 10.6. The Balaban J connectivity index is 3.80. The summed E-state index contributed by atoms with van der Waals surface area (Å²) in [5.41, 5.74) is 4.88. The van der Waals surface area contributed by atoms with E-state index in [0.29, 0.717) is 6.42 Å². The largest absolute Gasteiger partial charge is 0.480 e. The molecule has 0 aliphatic rings. The van der Waals surface area contributed by atoms with Gasteiger partial charge in [-0.1, -0.05) is 19.8 Å². The highest BCUT2D eigenvalue weighted by Crippen LogP contribution is 2.00. The molecule has 0 aliphatic carbocycles. The first kappa shape index (κ1) is 11.9. The normalized spacial score (nSPS) is 12.4. The minimum Gasteiger partial charge on any atom is -0.480 e. The number of carbonyl (C=O) groups excluding carboxylic acids is 1. The molecule has 0 bridgehead atoms. The van der Waals surface area contributed by atoms with Crippen molar-refractivity contribution in [3.8, 4) is 0 Å². The Morgan fingerprint density at radius 1 is 1.54 bits per heavy atom.